The smallest absolute Gasteiger partial charge is 0.350 e. The molecule has 0 atom stereocenters. The summed E-state index contributed by atoms with van der Waals surface area (Å²) in [7, 11) is 4.42. The van der Waals surface area contributed by atoms with Crippen LogP contribution < -0.4 is 19.5 Å². The van der Waals surface area contributed by atoms with Crippen LogP contribution in [0.2, 0.25) is 0 Å². The number of amides is 1. The summed E-state index contributed by atoms with van der Waals surface area (Å²) in [6, 6.07) is 12.3. The lowest BCUT2D eigenvalue weighted by Gasteiger charge is -2.13. The molecule has 162 valence electrons. The molecule has 0 aliphatic rings. The van der Waals surface area contributed by atoms with Crippen LogP contribution >= 0.6 is 11.3 Å². The summed E-state index contributed by atoms with van der Waals surface area (Å²) in [5.41, 5.74) is 1.47. The third-order valence-corrected chi connectivity index (χ3v) is 5.23. The van der Waals surface area contributed by atoms with Crippen molar-refractivity contribution in [1.82, 2.24) is 4.98 Å². The number of hydrogen-bond acceptors (Lipinski definition) is 8. The van der Waals surface area contributed by atoms with Gasteiger partial charge in [0.2, 0.25) is 5.75 Å². The molecule has 8 nitrogen and oxygen atoms in total. The van der Waals surface area contributed by atoms with Gasteiger partial charge in [0, 0.05) is 11.1 Å². The summed E-state index contributed by atoms with van der Waals surface area (Å²) in [4.78, 5) is 30.1. The predicted molar refractivity (Wildman–Crippen MR) is 118 cm³/mol. The van der Waals surface area contributed by atoms with Crippen LogP contribution in [0.15, 0.2) is 42.5 Å². The molecule has 9 heteroatoms. The van der Waals surface area contributed by atoms with Gasteiger partial charge < -0.3 is 18.9 Å². The Hall–Kier alpha value is -3.59. The average molecular weight is 442 g/mol. The molecular weight excluding hydrogens is 420 g/mol. The zero-order chi connectivity index (χ0) is 22.4. The lowest BCUT2D eigenvalue weighted by atomic mass is 10.1. The van der Waals surface area contributed by atoms with Gasteiger partial charge in [-0.15, -0.1) is 0 Å². The Balaban J connectivity index is 1.96. The molecule has 1 N–H and O–H groups in total. The Morgan fingerprint density at radius 1 is 1.00 bits per heavy atom. The van der Waals surface area contributed by atoms with Crippen LogP contribution in [0.4, 0.5) is 5.13 Å². The fourth-order valence-electron chi connectivity index (χ4n) is 2.88. The lowest BCUT2D eigenvalue weighted by molar-refractivity contribution is 0.0532. The standard InChI is InChI=1S/C22H22N2O6S/c1-5-30-21(26)19-17(13-9-7-6-8-10-13)23-22(31-19)24-20(25)14-11-15(27-2)18(29-4)16(12-14)28-3/h6-12H,5H2,1-4H3,(H,23,24,25). The molecular formula is C22H22N2O6S. The largest absolute Gasteiger partial charge is 0.493 e. The highest BCUT2D eigenvalue weighted by Crippen LogP contribution is 2.38. The highest BCUT2D eigenvalue weighted by Gasteiger charge is 2.23. The van der Waals surface area contributed by atoms with Crippen molar-refractivity contribution in [1.29, 1.82) is 0 Å². The molecule has 0 spiro atoms. The molecule has 3 aromatic rings. The van der Waals surface area contributed by atoms with Crippen LogP contribution in [0.3, 0.4) is 0 Å². The van der Waals surface area contributed by atoms with E-state index in [4.69, 9.17) is 18.9 Å². The Morgan fingerprint density at radius 2 is 1.65 bits per heavy atom. The Labute approximate surface area is 183 Å². The Kier molecular flexibility index (Phi) is 7.09. The number of anilines is 1. The Morgan fingerprint density at radius 3 is 2.19 bits per heavy atom. The van der Waals surface area contributed by atoms with Crippen molar-refractivity contribution < 1.29 is 28.5 Å². The number of methoxy groups -OCH3 is 3. The van der Waals surface area contributed by atoms with Gasteiger partial charge in [0.05, 0.1) is 33.6 Å². The molecule has 0 radical (unpaired) electrons. The number of hydrogen-bond donors (Lipinski definition) is 1. The summed E-state index contributed by atoms with van der Waals surface area (Å²) >= 11 is 1.05. The first kappa shape index (κ1) is 22.1. The Bertz CT molecular complexity index is 1060. The lowest BCUT2D eigenvalue weighted by Crippen LogP contribution is -2.12. The van der Waals surface area contributed by atoms with Gasteiger partial charge >= 0.3 is 5.97 Å². The molecule has 0 saturated carbocycles. The summed E-state index contributed by atoms with van der Waals surface area (Å²) in [5.74, 6) is 0.147. The number of esters is 1. The third kappa shape index (κ3) is 4.77. The van der Waals surface area contributed by atoms with E-state index in [-0.39, 0.29) is 17.3 Å². The highest BCUT2D eigenvalue weighted by atomic mass is 32.1. The van der Waals surface area contributed by atoms with Crippen LogP contribution in [0, 0.1) is 0 Å². The van der Waals surface area contributed by atoms with E-state index in [1.165, 1.54) is 33.5 Å². The summed E-state index contributed by atoms with van der Waals surface area (Å²) in [5, 5.41) is 3.00. The first-order valence-corrected chi connectivity index (χ1v) is 10.2. The van der Waals surface area contributed by atoms with Gasteiger partial charge in [0.25, 0.3) is 5.91 Å². The monoisotopic (exact) mass is 442 g/mol. The van der Waals surface area contributed by atoms with Crippen LogP contribution in [-0.4, -0.2) is 44.8 Å². The first-order chi connectivity index (χ1) is 15.0. The normalized spacial score (nSPS) is 10.3. The molecule has 1 heterocycles. The minimum absolute atomic E-state index is 0.234. The van der Waals surface area contributed by atoms with Crippen molar-refractivity contribution in [2.45, 2.75) is 6.92 Å². The molecule has 1 aromatic heterocycles. The van der Waals surface area contributed by atoms with Crippen LogP contribution in [0.1, 0.15) is 27.0 Å². The molecule has 0 bridgehead atoms. The number of nitrogens with one attached hydrogen (secondary N) is 1. The van der Waals surface area contributed by atoms with E-state index in [2.05, 4.69) is 10.3 Å². The zero-order valence-corrected chi connectivity index (χ0v) is 18.4. The van der Waals surface area contributed by atoms with Gasteiger partial charge in [-0.05, 0) is 19.1 Å². The maximum Gasteiger partial charge on any atom is 0.350 e. The maximum absolute atomic E-state index is 12.9. The molecule has 1 amide bonds. The third-order valence-electron chi connectivity index (χ3n) is 4.28. The molecule has 0 unspecified atom stereocenters. The number of ether oxygens (including phenoxy) is 4. The number of thiazole rings is 1. The van der Waals surface area contributed by atoms with E-state index < -0.39 is 11.9 Å². The number of aromatic nitrogens is 1. The van der Waals surface area contributed by atoms with Crippen molar-refractivity contribution in [3.63, 3.8) is 0 Å². The molecule has 0 fully saturated rings. The second-order valence-electron chi connectivity index (χ2n) is 6.15. The quantitative estimate of drug-likeness (QED) is 0.521. The van der Waals surface area contributed by atoms with Gasteiger partial charge in [-0.2, -0.15) is 0 Å². The minimum atomic E-state index is -0.493. The maximum atomic E-state index is 12.9. The molecule has 31 heavy (non-hydrogen) atoms. The summed E-state index contributed by atoms with van der Waals surface area (Å²) < 4.78 is 21.0. The van der Waals surface area contributed by atoms with E-state index in [9.17, 15) is 9.59 Å². The molecule has 0 aliphatic heterocycles. The van der Waals surface area contributed by atoms with Crippen molar-refractivity contribution >= 4 is 28.3 Å². The van der Waals surface area contributed by atoms with Gasteiger partial charge in [-0.1, -0.05) is 41.7 Å². The fourth-order valence-corrected chi connectivity index (χ4v) is 3.76. The number of benzene rings is 2. The van der Waals surface area contributed by atoms with Gasteiger partial charge in [-0.3, -0.25) is 10.1 Å². The second kappa shape index (κ2) is 9.94. The summed E-state index contributed by atoms with van der Waals surface area (Å²) in [6.07, 6.45) is 0. The van der Waals surface area contributed by atoms with E-state index >= 15 is 0 Å². The molecule has 0 saturated heterocycles. The van der Waals surface area contributed by atoms with Gasteiger partial charge in [-0.25, -0.2) is 9.78 Å². The van der Waals surface area contributed by atoms with Crippen LogP contribution in [0.5, 0.6) is 17.2 Å². The van der Waals surface area contributed by atoms with Crippen molar-refractivity contribution in [3.05, 3.63) is 52.9 Å². The van der Waals surface area contributed by atoms with E-state index in [0.717, 1.165) is 16.9 Å². The van der Waals surface area contributed by atoms with E-state index in [1.54, 1.807) is 6.92 Å². The molecule has 0 aliphatic carbocycles. The predicted octanol–water partition coefficient (Wildman–Crippen LogP) is 4.26. The van der Waals surface area contributed by atoms with Gasteiger partial charge in [0.1, 0.15) is 4.88 Å². The highest BCUT2D eigenvalue weighted by molar-refractivity contribution is 7.18. The van der Waals surface area contributed by atoms with Crippen molar-refractivity contribution in [2.75, 3.05) is 33.3 Å². The average Bonchev–Trinajstić information content (AvgIpc) is 3.22. The summed E-state index contributed by atoms with van der Waals surface area (Å²) in [6.45, 7) is 1.96. The first-order valence-electron chi connectivity index (χ1n) is 9.37. The van der Waals surface area contributed by atoms with Crippen molar-refractivity contribution in [3.8, 4) is 28.5 Å². The number of rotatable bonds is 8. The van der Waals surface area contributed by atoms with Crippen LogP contribution in [0.25, 0.3) is 11.3 Å². The number of carbonyl (C=O) groups is 2. The zero-order valence-electron chi connectivity index (χ0n) is 17.6. The van der Waals surface area contributed by atoms with Crippen molar-refractivity contribution in [2.24, 2.45) is 0 Å². The molecule has 3 rings (SSSR count). The van der Waals surface area contributed by atoms with Crippen LogP contribution in [-0.2, 0) is 4.74 Å². The SMILES string of the molecule is CCOC(=O)c1sc(NC(=O)c2cc(OC)c(OC)c(OC)c2)nc1-c1ccccc1. The molecule has 2 aromatic carbocycles. The van der Waals surface area contributed by atoms with E-state index in [1.807, 2.05) is 30.3 Å². The topological polar surface area (TPSA) is 96.0 Å². The second-order valence-corrected chi connectivity index (χ2v) is 7.15. The number of carbonyl (C=O) groups excluding carboxylic acids is 2. The van der Waals surface area contributed by atoms with E-state index in [0.29, 0.717) is 27.8 Å². The fraction of sp³-hybridized carbons (Fsp3) is 0.227. The minimum Gasteiger partial charge on any atom is -0.493 e. The number of nitrogens with zero attached hydrogens (tertiary/aromatic N) is 1. The van der Waals surface area contributed by atoms with Gasteiger partial charge in [0.15, 0.2) is 16.6 Å².